The predicted molar refractivity (Wildman–Crippen MR) is 128 cm³/mol. The molecule has 3 aromatic heterocycles. The van der Waals surface area contributed by atoms with Gasteiger partial charge in [-0.25, -0.2) is 19.3 Å². The van der Waals surface area contributed by atoms with Crippen LogP contribution in [0.25, 0.3) is 11.7 Å². The van der Waals surface area contributed by atoms with Gasteiger partial charge >= 0.3 is 5.69 Å². The Labute approximate surface area is 196 Å². The van der Waals surface area contributed by atoms with Crippen LogP contribution in [0.1, 0.15) is 11.3 Å². The van der Waals surface area contributed by atoms with E-state index in [9.17, 15) is 9.90 Å². The zero-order valence-electron chi connectivity index (χ0n) is 17.1. The standard InChI is InChI=1S/C23H17ClN6O2S/c24-16-7-4-8-17(10-16)26-19-11-20(33-13-14-5-2-1-3-6-14)30-21(28-19)15(12-25-30)9-18-22(31)29-23(32)27-18/h1-12,31H,13H2,(H2,27,29,32)/b15-9+,26-19?. The third-order valence-corrected chi connectivity index (χ3v) is 6.07. The van der Waals surface area contributed by atoms with Gasteiger partial charge in [0.2, 0.25) is 5.88 Å². The molecule has 0 fully saturated rings. The molecule has 0 aliphatic heterocycles. The number of imidazole rings is 1. The number of hydrogen-bond donors (Lipinski definition) is 3. The van der Waals surface area contributed by atoms with E-state index in [0.29, 0.717) is 27.1 Å². The van der Waals surface area contributed by atoms with E-state index >= 15 is 0 Å². The number of fused-ring (bicyclic) bond motifs is 1. The van der Waals surface area contributed by atoms with E-state index in [-0.39, 0.29) is 11.6 Å². The Morgan fingerprint density at radius 1 is 1.12 bits per heavy atom. The first kappa shape index (κ1) is 21.0. The molecule has 0 atom stereocenters. The average molecular weight is 477 g/mol. The number of nitrogens with zero attached hydrogens (tertiary/aromatic N) is 4. The molecule has 0 unspecified atom stereocenters. The molecule has 5 aromatic rings. The molecule has 8 nitrogen and oxygen atoms in total. The molecule has 164 valence electrons. The zero-order valence-corrected chi connectivity index (χ0v) is 18.6. The fraction of sp³-hybridized carbons (Fsp3) is 0.0435. The molecular formula is C23H17ClN6O2S. The average Bonchev–Trinajstić information content (AvgIpc) is 3.35. The van der Waals surface area contributed by atoms with Crippen molar-refractivity contribution in [1.29, 1.82) is 0 Å². The quantitative estimate of drug-likeness (QED) is 0.266. The lowest BCUT2D eigenvalue weighted by Crippen LogP contribution is -2.15. The van der Waals surface area contributed by atoms with Crippen LogP contribution in [0.3, 0.4) is 0 Å². The van der Waals surface area contributed by atoms with Crippen molar-refractivity contribution in [2.45, 2.75) is 10.8 Å². The van der Waals surface area contributed by atoms with Crippen LogP contribution < -0.4 is 16.4 Å². The first-order valence-electron chi connectivity index (χ1n) is 9.94. The lowest BCUT2D eigenvalue weighted by Gasteiger charge is -2.05. The van der Waals surface area contributed by atoms with Gasteiger partial charge in [-0.1, -0.05) is 48.0 Å². The number of rotatable bonds is 5. The number of aromatic nitrogens is 5. The fourth-order valence-electron chi connectivity index (χ4n) is 3.26. The minimum atomic E-state index is -0.501. The second-order valence-corrected chi connectivity index (χ2v) is 8.57. The van der Waals surface area contributed by atoms with Gasteiger partial charge in [-0.3, -0.25) is 4.98 Å². The van der Waals surface area contributed by atoms with Crippen molar-refractivity contribution in [3.05, 3.63) is 104 Å². The predicted octanol–water partition coefficient (Wildman–Crippen LogP) is 3.18. The van der Waals surface area contributed by atoms with Crippen LogP contribution in [0, 0.1) is 0 Å². The summed E-state index contributed by atoms with van der Waals surface area (Å²) in [6, 6.07) is 19.2. The highest BCUT2D eigenvalue weighted by Crippen LogP contribution is 2.22. The fourth-order valence-corrected chi connectivity index (χ4v) is 4.40. The third-order valence-electron chi connectivity index (χ3n) is 4.77. The molecule has 5 rings (SSSR count). The monoisotopic (exact) mass is 476 g/mol. The van der Waals surface area contributed by atoms with Crippen molar-refractivity contribution in [3.63, 3.8) is 0 Å². The molecule has 0 saturated carbocycles. The van der Waals surface area contributed by atoms with Crippen LogP contribution >= 0.6 is 23.4 Å². The lowest BCUT2D eigenvalue weighted by atomic mass is 10.2. The third kappa shape index (κ3) is 4.69. The van der Waals surface area contributed by atoms with Crippen LogP contribution in [-0.4, -0.2) is 29.7 Å². The highest BCUT2D eigenvalue weighted by molar-refractivity contribution is 7.98. The molecule has 0 spiro atoms. The lowest BCUT2D eigenvalue weighted by molar-refractivity contribution is 0.454. The van der Waals surface area contributed by atoms with E-state index in [1.807, 2.05) is 36.4 Å². The van der Waals surface area contributed by atoms with Crippen LogP contribution in [0.4, 0.5) is 5.69 Å². The number of hydrogen-bond acceptors (Lipinski definition) is 6. The van der Waals surface area contributed by atoms with Crippen LogP contribution in [0.15, 0.2) is 81.7 Å². The van der Waals surface area contributed by atoms with Gasteiger partial charge in [0.25, 0.3) is 0 Å². The van der Waals surface area contributed by atoms with Crippen molar-refractivity contribution < 1.29 is 5.11 Å². The van der Waals surface area contributed by atoms with Crippen molar-refractivity contribution >= 4 is 40.8 Å². The summed E-state index contributed by atoms with van der Waals surface area (Å²) in [6.07, 6.45) is 3.24. The summed E-state index contributed by atoms with van der Waals surface area (Å²) in [4.78, 5) is 25.7. The first-order chi connectivity index (χ1) is 16.0. The van der Waals surface area contributed by atoms with E-state index in [0.717, 1.165) is 10.8 Å². The smallest absolute Gasteiger partial charge is 0.326 e. The Morgan fingerprint density at radius 2 is 1.97 bits per heavy atom. The molecule has 2 aromatic carbocycles. The Hall–Kier alpha value is -3.82. The molecule has 0 aliphatic rings. The zero-order chi connectivity index (χ0) is 22.8. The van der Waals surface area contributed by atoms with Crippen molar-refractivity contribution in [2.75, 3.05) is 0 Å². The molecule has 10 heteroatoms. The van der Waals surface area contributed by atoms with E-state index in [1.54, 1.807) is 40.7 Å². The van der Waals surface area contributed by atoms with E-state index < -0.39 is 5.69 Å². The normalized spacial score (nSPS) is 12.6. The highest BCUT2D eigenvalue weighted by Gasteiger charge is 2.10. The Kier molecular flexibility index (Phi) is 5.72. The maximum atomic E-state index is 11.5. The summed E-state index contributed by atoms with van der Waals surface area (Å²) in [6.45, 7) is 0. The summed E-state index contributed by atoms with van der Waals surface area (Å²) < 4.78 is 1.72. The second kappa shape index (κ2) is 8.97. The Morgan fingerprint density at radius 3 is 2.73 bits per heavy atom. The van der Waals surface area contributed by atoms with E-state index in [2.05, 4.69) is 37.2 Å². The number of halogens is 1. The minimum absolute atomic E-state index is 0.243. The van der Waals surface area contributed by atoms with Gasteiger partial charge in [-0.05, 0) is 29.8 Å². The van der Waals surface area contributed by atoms with Crippen molar-refractivity contribution in [1.82, 2.24) is 24.6 Å². The van der Waals surface area contributed by atoms with Gasteiger partial charge in [0.05, 0.1) is 11.9 Å². The molecule has 0 amide bonds. The first-order valence-corrected chi connectivity index (χ1v) is 11.3. The summed E-state index contributed by atoms with van der Waals surface area (Å²) in [5.74, 6) is 0.485. The number of thioether (sulfide) groups is 1. The van der Waals surface area contributed by atoms with Crippen LogP contribution in [0.2, 0.25) is 5.02 Å². The summed E-state index contributed by atoms with van der Waals surface area (Å²) in [5.41, 5.74) is 2.62. The van der Waals surface area contributed by atoms with Gasteiger partial charge in [0, 0.05) is 22.1 Å². The molecule has 0 saturated heterocycles. The van der Waals surface area contributed by atoms with Crippen LogP contribution in [0.5, 0.6) is 5.88 Å². The molecule has 3 heterocycles. The van der Waals surface area contributed by atoms with Gasteiger partial charge in [-0.2, -0.15) is 5.10 Å². The van der Waals surface area contributed by atoms with Crippen molar-refractivity contribution in [2.24, 2.45) is 4.99 Å². The number of benzene rings is 2. The van der Waals surface area contributed by atoms with E-state index in [4.69, 9.17) is 11.6 Å². The summed E-state index contributed by atoms with van der Waals surface area (Å²) >= 11 is 7.72. The SMILES string of the molecule is O=c1[nH]c(O)c(/C=c2\cnn3c(SCc4ccccc4)cc(=Nc4cccc(Cl)c4)nc23)[nH]1. The number of aromatic amines is 2. The maximum absolute atomic E-state index is 11.5. The topological polar surface area (TPSA) is 111 Å². The summed E-state index contributed by atoms with van der Waals surface area (Å²) in [5, 5.41) is 16.5. The Bertz CT molecular complexity index is 1620. The molecule has 33 heavy (non-hydrogen) atoms. The highest BCUT2D eigenvalue weighted by atomic mass is 35.5. The van der Waals surface area contributed by atoms with Gasteiger partial charge in [-0.15, -0.1) is 11.8 Å². The second-order valence-electron chi connectivity index (χ2n) is 7.14. The maximum Gasteiger partial charge on any atom is 0.326 e. The van der Waals surface area contributed by atoms with E-state index in [1.165, 1.54) is 5.56 Å². The molecular weight excluding hydrogens is 460 g/mol. The summed E-state index contributed by atoms with van der Waals surface area (Å²) in [7, 11) is 0. The largest absolute Gasteiger partial charge is 0.493 e. The van der Waals surface area contributed by atoms with Crippen molar-refractivity contribution in [3.8, 4) is 5.88 Å². The number of aromatic hydroxyl groups is 1. The molecule has 0 bridgehead atoms. The van der Waals surface area contributed by atoms with Gasteiger partial charge < -0.3 is 10.1 Å². The molecule has 0 radical (unpaired) electrons. The number of nitrogens with one attached hydrogen (secondary N) is 2. The van der Waals surface area contributed by atoms with Gasteiger partial charge in [0.1, 0.15) is 10.7 Å². The number of H-pyrrole nitrogens is 2. The van der Waals surface area contributed by atoms with Gasteiger partial charge in [0.15, 0.2) is 11.1 Å². The molecule has 0 aliphatic carbocycles. The molecule has 3 N–H and O–H groups in total. The van der Waals surface area contributed by atoms with Crippen LogP contribution in [-0.2, 0) is 5.75 Å². The minimum Gasteiger partial charge on any atom is -0.493 e. The Balaban J connectivity index is 1.66.